The topological polar surface area (TPSA) is 18.5 Å². The summed E-state index contributed by atoms with van der Waals surface area (Å²) in [7, 11) is 0. The molecule has 0 saturated carbocycles. The van der Waals surface area contributed by atoms with Crippen molar-refractivity contribution in [3.05, 3.63) is 0 Å². The van der Waals surface area contributed by atoms with E-state index in [4.69, 9.17) is 9.47 Å². The Morgan fingerprint density at radius 3 is 1.93 bits per heavy atom. The van der Waals surface area contributed by atoms with E-state index in [2.05, 4.69) is 48.5 Å². The summed E-state index contributed by atoms with van der Waals surface area (Å²) < 4.78 is 11.5. The summed E-state index contributed by atoms with van der Waals surface area (Å²) in [5.74, 6) is 0. The Bertz CT molecular complexity index is 171. The van der Waals surface area contributed by atoms with Gasteiger partial charge in [0, 0.05) is 5.41 Å². The van der Waals surface area contributed by atoms with Gasteiger partial charge in [0.1, 0.15) is 0 Å². The van der Waals surface area contributed by atoms with Crippen molar-refractivity contribution in [1.29, 1.82) is 0 Å². The molecule has 0 aromatic rings. The Balaban J connectivity index is 3.93. The van der Waals surface area contributed by atoms with Gasteiger partial charge in [-0.1, -0.05) is 20.8 Å². The Kier molecular flexibility index (Phi) is 5.82. The number of hydrogen-bond acceptors (Lipinski definition) is 2. The molecule has 0 heterocycles. The lowest BCUT2D eigenvalue weighted by atomic mass is 9.95. The maximum absolute atomic E-state index is 5.90. The molecule has 0 aromatic carbocycles. The van der Waals surface area contributed by atoms with Crippen LogP contribution in [0.5, 0.6) is 0 Å². The second-order valence-corrected chi connectivity index (χ2v) is 5.93. The summed E-state index contributed by atoms with van der Waals surface area (Å²) in [6, 6.07) is 0. The maximum atomic E-state index is 5.90. The fourth-order valence-corrected chi connectivity index (χ4v) is 0.927. The van der Waals surface area contributed by atoms with Gasteiger partial charge >= 0.3 is 0 Å². The van der Waals surface area contributed by atoms with Crippen LogP contribution < -0.4 is 0 Å². The summed E-state index contributed by atoms with van der Waals surface area (Å²) in [6.45, 7) is 16.4. The predicted octanol–water partition coefficient (Wildman–Crippen LogP) is 3.64. The molecule has 0 aliphatic rings. The van der Waals surface area contributed by atoms with Crippen molar-refractivity contribution in [3.8, 4) is 0 Å². The van der Waals surface area contributed by atoms with Crippen LogP contribution in [0.3, 0.4) is 0 Å². The van der Waals surface area contributed by atoms with Crippen LogP contribution in [0.4, 0.5) is 0 Å². The van der Waals surface area contributed by atoms with E-state index >= 15 is 0 Å². The first-order valence-corrected chi connectivity index (χ1v) is 5.94. The minimum absolute atomic E-state index is 0.0187. The molecule has 0 saturated heterocycles. The fraction of sp³-hybridized carbons (Fsp3) is 1.00. The van der Waals surface area contributed by atoms with Crippen LogP contribution in [0.2, 0.25) is 0 Å². The summed E-state index contributed by atoms with van der Waals surface area (Å²) >= 11 is 0. The number of ether oxygens (including phenoxy) is 2. The standard InChI is InChI=1S/C13H28O2/c1-8-13(6,7)15-10-12(4,5)9-14-11(2)3/h11H,8-10H2,1-7H3. The average molecular weight is 216 g/mol. The number of rotatable bonds is 7. The highest BCUT2D eigenvalue weighted by Gasteiger charge is 2.24. The smallest absolute Gasteiger partial charge is 0.0624 e. The van der Waals surface area contributed by atoms with E-state index in [0.29, 0.717) is 6.10 Å². The normalized spacial score (nSPS) is 13.6. The molecule has 0 fully saturated rings. The van der Waals surface area contributed by atoms with Gasteiger partial charge in [0.2, 0.25) is 0 Å². The van der Waals surface area contributed by atoms with Crippen LogP contribution in [0, 0.1) is 5.41 Å². The van der Waals surface area contributed by atoms with Gasteiger partial charge in [-0.05, 0) is 34.1 Å². The van der Waals surface area contributed by atoms with Crippen LogP contribution >= 0.6 is 0 Å². The molecular weight excluding hydrogens is 188 g/mol. The lowest BCUT2D eigenvalue weighted by Gasteiger charge is -2.31. The Hall–Kier alpha value is -0.0800. The second-order valence-electron chi connectivity index (χ2n) is 5.93. The highest BCUT2D eigenvalue weighted by molar-refractivity contribution is 4.72. The maximum Gasteiger partial charge on any atom is 0.0624 e. The van der Waals surface area contributed by atoms with Crippen molar-refractivity contribution >= 4 is 0 Å². The van der Waals surface area contributed by atoms with Crippen LogP contribution in [0.25, 0.3) is 0 Å². The van der Waals surface area contributed by atoms with Crippen molar-refractivity contribution in [2.75, 3.05) is 13.2 Å². The molecule has 15 heavy (non-hydrogen) atoms. The highest BCUT2D eigenvalue weighted by atomic mass is 16.5. The minimum atomic E-state index is -0.0187. The highest BCUT2D eigenvalue weighted by Crippen LogP contribution is 2.22. The van der Waals surface area contributed by atoms with E-state index in [1.54, 1.807) is 0 Å². The quantitative estimate of drug-likeness (QED) is 0.647. The van der Waals surface area contributed by atoms with Crippen molar-refractivity contribution in [3.63, 3.8) is 0 Å². The van der Waals surface area contributed by atoms with E-state index in [1.807, 2.05) is 0 Å². The first-order valence-electron chi connectivity index (χ1n) is 5.94. The second kappa shape index (κ2) is 5.86. The van der Waals surface area contributed by atoms with Gasteiger partial charge in [-0.2, -0.15) is 0 Å². The Morgan fingerprint density at radius 1 is 1.00 bits per heavy atom. The predicted molar refractivity (Wildman–Crippen MR) is 65.2 cm³/mol. The Morgan fingerprint density at radius 2 is 1.53 bits per heavy atom. The van der Waals surface area contributed by atoms with E-state index in [0.717, 1.165) is 19.6 Å². The molecule has 0 unspecified atom stereocenters. The van der Waals surface area contributed by atoms with E-state index in [-0.39, 0.29) is 11.0 Å². The fourth-order valence-electron chi connectivity index (χ4n) is 0.927. The van der Waals surface area contributed by atoms with Crippen LogP contribution in [0.1, 0.15) is 54.9 Å². The molecule has 0 rings (SSSR count). The minimum Gasteiger partial charge on any atom is -0.378 e. The lowest BCUT2D eigenvalue weighted by Crippen LogP contribution is -2.33. The summed E-state index contributed by atoms with van der Waals surface area (Å²) in [5, 5.41) is 0. The first kappa shape index (κ1) is 14.9. The lowest BCUT2D eigenvalue weighted by molar-refractivity contribution is -0.0835. The zero-order valence-corrected chi connectivity index (χ0v) is 11.5. The molecule has 0 N–H and O–H groups in total. The van der Waals surface area contributed by atoms with Gasteiger partial charge in [0.25, 0.3) is 0 Å². The molecule has 92 valence electrons. The third-order valence-electron chi connectivity index (χ3n) is 2.51. The van der Waals surface area contributed by atoms with Crippen molar-refractivity contribution in [2.24, 2.45) is 5.41 Å². The van der Waals surface area contributed by atoms with E-state index < -0.39 is 0 Å². The van der Waals surface area contributed by atoms with Crippen molar-refractivity contribution in [2.45, 2.75) is 66.6 Å². The van der Waals surface area contributed by atoms with Gasteiger partial charge in [0.15, 0.2) is 0 Å². The van der Waals surface area contributed by atoms with Crippen molar-refractivity contribution in [1.82, 2.24) is 0 Å². The van der Waals surface area contributed by atoms with E-state index in [1.165, 1.54) is 0 Å². The molecule has 2 nitrogen and oxygen atoms in total. The molecule has 2 heteroatoms. The third-order valence-corrected chi connectivity index (χ3v) is 2.51. The summed E-state index contributed by atoms with van der Waals surface area (Å²) in [6.07, 6.45) is 1.33. The summed E-state index contributed by atoms with van der Waals surface area (Å²) in [5.41, 5.74) is 0.0752. The molecule has 0 amide bonds. The monoisotopic (exact) mass is 216 g/mol. The van der Waals surface area contributed by atoms with Crippen LogP contribution in [-0.2, 0) is 9.47 Å². The molecule has 0 spiro atoms. The molecule has 0 aliphatic carbocycles. The SMILES string of the molecule is CCC(C)(C)OCC(C)(C)COC(C)C. The number of hydrogen-bond donors (Lipinski definition) is 0. The summed E-state index contributed by atoms with van der Waals surface area (Å²) in [4.78, 5) is 0. The van der Waals surface area contributed by atoms with Crippen LogP contribution in [0.15, 0.2) is 0 Å². The van der Waals surface area contributed by atoms with Gasteiger partial charge < -0.3 is 9.47 Å². The molecule has 0 aromatic heterocycles. The largest absolute Gasteiger partial charge is 0.378 e. The molecule has 0 radical (unpaired) electrons. The molecule has 0 aliphatic heterocycles. The van der Waals surface area contributed by atoms with Gasteiger partial charge in [-0.3, -0.25) is 0 Å². The molecular formula is C13H28O2. The van der Waals surface area contributed by atoms with Gasteiger partial charge in [-0.15, -0.1) is 0 Å². The van der Waals surface area contributed by atoms with Gasteiger partial charge in [-0.25, -0.2) is 0 Å². The zero-order chi connectivity index (χ0) is 12.1. The van der Waals surface area contributed by atoms with Gasteiger partial charge in [0.05, 0.1) is 24.9 Å². The third kappa shape index (κ3) is 7.80. The molecule has 0 atom stereocenters. The van der Waals surface area contributed by atoms with E-state index in [9.17, 15) is 0 Å². The average Bonchev–Trinajstić information content (AvgIpc) is 2.13. The zero-order valence-electron chi connectivity index (χ0n) is 11.5. The Labute approximate surface area is 95.3 Å². The first-order chi connectivity index (χ1) is 6.68. The van der Waals surface area contributed by atoms with Crippen LogP contribution in [-0.4, -0.2) is 24.9 Å². The molecule has 0 bridgehead atoms. The van der Waals surface area contributed by atoms with Crippen molar-refractivity contribution < 1.29 is 9.47 Å².